The normalized spacial score (nSPS) is 13.1. The van der Waals surface area contributed by atoms with Crippen LogP contribution < -0.4 is 10.6 Å². The van der Waals surface area contributed by atoms with Gasteiger partial charge < -0.3 is 10.6 Å². The van der Waals surface area contributed by atoms with Crippen LogP contribution in [0.1, 0.15) is 45.7 Å². The maximum atomic E-state index is 11.7. The van der Waals surface area contributed by atoms with Crippen molar-refractivity contribution in [2.45, 2.75) is 45.7 Å². The SMILES string of the molecule is CC(NCCC(=O)NC(C)(C)C)c1ccc(Br)cc1Cl. The third-order valence-electron chi connectivity index (χ3n) is 2.75. The molecule has 1 atom stereocenters. The Labute approximate surface area is 134 Å². The maximum absolute atomic E-state index is 11.7. The summed E-state index contributed by atoms with van der Waals surface area (Å²) in [5, 5.41) is 6.98. The van der Waals surface area contributed by atoms with Gasteiger partial charge in [0.1, 0.15) is 0 Å². The Hall–Kier alpha value is -0.580. The van der Waals surface area contributed by atoms with E-state index in [1.807, 2.05) is 45.9 Å². The number of halogens is 2. The number of carbonyl (C=O) groups excluding carboxylic acids is 1. The molecule has 0 aliphatic rings. The second-order valence-corrected chi connectivity index (χ2v) is 7.21. The zero-order valence-electron chi connectivity index (χ0n) is 12.4. The van der Waals surface area contributed by atoms with Gasteiger partial charge in [-0.1, -0.05) is 33.6 Å². The Kier molecular flexibility index (Phi) is 6.49. The fourth-order valence-corrected chi connectivity index (χ4v) is 2.68. The first-order chi connectivity index (χ1) is 9.19. The summed E-state index contributed by atoms with van der Waals surface area (Å²) < 4.78 is 0.961. The number of nitrogens with one attached hydrogen (secondary N) is 2. The minimum Gasteiger partial charge on any atom is -0.351 e. The molecule has 0 aromatic heterocycles. The largest absolute Gasteiger partial charge is 0.351 e. The molecule has 0 heterocycles. The number of amides is 1. The summed E-state index contributed by atoms with van der Waals surface area (Å²) in [4.78, 5) is 11.7. The molecule has 2 N–H and O–H groups in total. The molecule has 1 aromatic carbocycles. The molecule has 5 heteroatoms. The predicted octanol–water partition coefficient (Wildman–Crippen LogP) is 4.06. The molecular weight excluding hydrogens is 340 g/mol. The van der Waals surface area contributed by atoms with E-state index in [4.69, 9.17) is 11.6 Å². The minimum absolute atomic E-state index is 0.0547. The van der Waals surface area contributed by atoms with E-state index in [0.29, 0.717) is 13.0 Å². The first kappa shape index (κ1) is 17.5. The van der Waals surface area contributed by atoms with Crippen molar-refractivity contribution < 1.29 is 4.79 Å². The number of hydrogen-bond donors (Lipinski definition) is 2. The summed E-state index contributed by atoms with van der Waals surface area (Å²) in [6.07, 6.45) is 0.454. The monoisotopic (exact) mass is 360 g/mol. The van der Waals surface area contributed by atoms with E-state index in [0.717, 1.165) is 15.1 Å². The van der Waals surface area contributed by atoms with Crippen molar-refractivity contribution >= 4 is 33.4 Å². The molecule has 1 rings (SSSR count). The third kappa shape index (κ3) is 6.25. The van der Waals surface area contributed by atoms with Gasteiger partial charge in [0.2, 0.25) is 5.91 Å². The van der Waals surface area contributed by atoms with Gasteiger partial charge in [-0.2, -0.15) is 0 Å². The highest BCUT2D eigenvalue weighted by Crippen LogP contribution is 2.26. The summed E-state index contributed by atoms with van der Waals surface area (Å²) in [6.45, 7) is 8.58. The Balaban J connectivity index is 2.44. The molecule has 0 saturated heterocycles. The number of benzene rings is 1. The average molecular weight is 362 g/mol. The second kappa shape index (κ2) is 7.43. The van der Waals surface area contributed by atoms with Crippen molar-refractivity contribution in [2.24, 2.45) is 0 Å². The second-order valence-electron chi connectivity index (χ2n) is 5.89. The number of hydrogen-bond acceptors (Lipinski definition) is 2. The average Bonchev–Trinajstić information content (AvgIpc) is 2.25. The Morgan fingerprint density at radius 2 is 2.05 bits per heavy atom. The zero-order chi connectivity index (χ0) is 15.3. The minimum atomic E-state index is -0.183. The fraction of sp³-hybridized carbons (Fsp3) is 0.533. The topological polar surface area (TPSA) is 41.1 Å². The third-order valence-corrected chi connectivity index (χ3v) is 3.57. The molecule has 112 valence electrons. The Morgan fingerprint density at radius 1 is 1.40 bits per heavy atom. The quantitative estimate of drug-likeness (QED) is 0.830. The lowest BCUT2D eigenvalue weighted by Crippen LogP contribution is -2.41. The van der Waals surface area contributed by atoms with Gasteiger partial charge in [-0.25, -0.2) is 0 Å². The first-order valence-electron chi connectivity index (χ1n) is 6.68. The molecule has 1 unspecified atom stereocenters. The van der Waals surface area contributed by atoms with Crippen LogP contribution in [0.4, 0.5) is 0 Å². The zero-order valence-corrected chi connectivity index (χ0v) is 14.7. The smallest absolute Gasteiger partial charge is 0.221 e. The van der Waals surface area contributed by atoms with Crippen molar-refractivity contribution in [1.82, 2.24) is 10.6 Å². The maximum Gasteiger partial charge on any atom is 0.221 e. The van der Waals surface area contributed by atoms with Gasteiger partial charge in [-0.05, 0) is 45.4 Å². The van der Waals surface area contributed by atoms with E-state index in [1.54, 1.807) is 0 Å². The van der Waals surface area contributed by atoms with Crippen LogP contribution in [0, 0.1) is 0 Å². The van der Waals surface area contributed by atoms with E-state index in [1.165, 1.54) is 0 Å². The molecule has 0 bridgehead atoms. The molecule has 20 heavy (non-hydrogen) atoms. The molecule has 0 saturated carbocycles. The van der Waals surface area contributed by atoms with E-state index in [-0.39, 0.29) is 17.5 Å². The van der Waals surface area contributed by atoms with Gasteiger partial charge >= 0.3 is 0 Å². The molecule has 1 aromatic rings. The standard InChI is InChI=1S/C15H22BrClN2O/c1-10(12-6-5-11(16)9-13(12)17)18-8-7-14(20)19-15(2,3)4/h5-6,9-10,18H,7-8H2,1-4H3,(H,19,20). The van der Waals surface area contributed by atoms with Gasteiger partial charge in [0.25, 0.3) is 0 Å². The molecule has 0 aliphatic heterocycles. The molecule has 0 radical (unpaired) electrons. The van der Waals surface area contributed by atoms with Gasteiger partial charge in [0, 0.05) is 34.0 Å². The van der Waals surface area contributed by atoms with Gasteiger partial charge in [0.15, 0.2) is 0 Å². The highest BCUT2D eigenvalue weighted by atomic mass is 79.9. The van der Waals surface area contributed by atoms with Gasteiger partial charge in [0.05, 0.1) is 0 Å². The molecule has 1 amide bonds. The van der Waals surface area contributed by atoms with Crippen molar-refractivity contribution in [1.29, 1.82) is 0 Å². The van der Waals surface area contributed by atoms with Crippen LogP contribution in [0.15, 0.2) is 22.7 Å². The summed E-state index contributed by atoms with van der Waals surface area (Å²) in [6, 6.07) is 5.94. The Morgan fingerprint density at radius 3 is 2.60 bits per heavy atom. The van der Waals surface area contributed by atoms with Crippen molar-refractivity contribution in [3.05, 3.63) is 33.3 Å². The van der Waals surface area contributed by atoms with Crippen LogP contribution in [-0.4, -0.2) is 18.0 Å². The van der Waals surface area contributed by atoms with E-state index >= 15 is 0 Å². The van der Waals surface area contributed by atoms with Crippen LogP contribution in [0.2, 0.25) is 5.02 Å². The van der Waals surface area contributed by atoms with Crippen molar-refractivity contribution in [3.8, 4) is 0 Å². The highest BCUT2D eigenvalue weighted by molar-refractivity contribution is 9.10. The highest BCUT2D eigenvalue weighted by Gasteiger charge is 2.14. The van der Waals surface area contributed by atoms with Crippen LogP contribution in [0.5, 0.6) is 0 Å². The summed E-state index contributed by atoms with van der Waals surface area (Å²) in [7, 11) is 0. The summed E-state index contributed by atoms with van der Waals surface area (Å²) >= 11 is 9.59. The molecular formula is C15H22BrClN2O. The number of carbonyl (C=O) groups is 1. The predicted molar refractivity (Wildman–Crippen MR) is 88.1 cm³/mol. The van der Waals surface area contributed by atoms with E-state index in [2.05, 4.69) is 26.6 Å². The van der Waals surface area contributed by atoms with Crippen LogP contribution in [-0.2, 0) is 4.79 Å². The molecule has 0 fully saturated rings. The van der Waals surface area contributed by atoms with E-state index < -0.39 is 0 Å². The molecule has 3 nitrogen and oxygen atoms in total. The van der Waals surface area contributed by atoms with Crippen molar-refractivity contribution in [2.75, 3.05) is 6.54 Å². The van der Waals surface area contributed by atoms with Gasteiger partial charge in [-0.3, -0.25) is 4.79 Å². The summed E-state index contributed by atoms with van der Waals surface area (Å²) in [5.41, 5.74) is 0.851. The van der Waals surface area contributed by atoms with E-state index in [9.17, 15) is 4.79 Å². The first-order valence-corrected chi connectivity index (χ1v) is 7.85. The lowest BCUT2D eigenvalue weighted by Gasteiger charge is -2.21. The van der Waals surface area contributed by atoms with Gasteiger partial charge in [-0.15, -0.1) is 0 Å². The van der Waals surface area contributed by atoms with Crippen LogP contribution in [0.25, 0.3) is 0 Å². The number of rotatable bonds is 5. The lowest BCUT2D eigenvalue weighted by molar-refractivity contribution is -0.122. The molecule has 0 aliphatic carbocycles. The summed E-state index contributed by atoms with van der Waals surface area (Å²) in [5.74, 6) is 0.0547. The fourth-order valence-electron chi connectivity index (χ4n) is 1.85. The Bertz CT molecular complexity index is 471. The van der Waals surface area contributed by atoms with Crippen LogP contribution >= 0.6 is 27.5 Å². The lowest BCUT2D eigenvalue weighted by atomic mass is 10.1. The van der Waals surface area contributed by atoms with Crippen LogP contribution in [0.3, 0.4) is 0 Å². The van der Waals surface area contributed by atoms with Crippen molar-refractivity contribution in [3.63, 3.8) is 0 Å². The molecule has 0 spiro atoms.